The predicted molar refractivity (Wildman–Crippen MR) is 118 cm³/mol. The summed E-state index contributed by atoms with van der Waals surface area (Å²) in [4.78, 5) is 23.0. The Morgan fingerprint density at radius 1 is 0.862 bits per heavy atom. The van der Waals surface area contributed by atoms with Gasteiger partial charge in [0, 0.05) is 6.42 Å². The van der Waals surface area contributed by atoms with Crippen LogP contribution >= 0.6 is 0 Å². The van der Waals surface area contributed by atoms with Gasteiger partial charge in [-0.2, -0.15) is 0 Å². The molecule has 0 saturated heterocycles. The topological polar surface area (TPSA) is 63.6 Å². The quantitative estimate of drug-likeness (QED) is 0.139. The molecule has 1 aromatic carbocycles. The summed E-state index contributed by atoms with van der Waals surface area (Å²) in [5, 5.41) is 9.10. The van der Waals surface area contributed by atoms with Crippen LogP contribution in [0.15, 0.2) is 48.6 Å². The molecule has 0 atom stereocenters. The number of carbonyl (C=O) groups excluding carboxylic acids is 1. The van der Waals surface area contributed by atoms with E-state index in [2.05, 4.69) is 31.2 Å². The lowest BCUT2D eigenvalue weighted by Gasteiger charge is -2.07. The minimum atomic E-state index is -1.09. The van der Waals surface area contributed by atoms with Gasteiger partial charge < -0.3 is 9.84 Å². The van der Waals surface area contributed by atoms with Crippen molar-refractivity contribution in [2.24, 2.45) is 0 Å². The van der Waals surface area contributed by atoms with Crippen molar-refractivity contribution in [3.63, 3.8) is 0 Å². The fourth-order valence-corrected chi connectivity index (χ4v) is 2.99. The smallest absolute Gasteiger partial charge is 0.339 e. The molecule has 0 amide bonds. The molecule has 0 aliphatic rings. The first-order chi connectivity index (χ1) is 14.1. The van der Waals surface area contributed by atoms with Crippen molar-refractivity contribution in [1.29, 1.82) is 0 Å². The Morgan fingerprint density at radius 3 is 2.17 bits per heavy atom. The molecule has 0 saturated carbocycles. The molecule has 0 aliphatic heterocycles. The molecular weight excluding hydrogens is 364 g/mol. The maximum Gasteiger partial charge on any atom is 0.339 e. The molecule has 0 aromatic heterocycles. The minimum absolute atomic E-state index is 0.0147. The van der Waals surface area contributed by atoms with Gasteiger partial charge in [-0.05, 0) is 50.7 Å². The van der Waals surface area contributed by atoms with Crippen molar-refractivity contribution < 1.29 is 19.4 Å². The third kappa shape index (κ3) is 12.7. The van der Waals surface area contributed by atoms with Gasteiger partial charge in [-0.15, -0.1) is 0 Å². The number of allylic oxidation sites excluding steroid dienone is 4. The second kappa shape index (κ2) is 16.6. The highest BCUT2D eigenvalue weighted by Crippen LogP contribution is 2.19. The summed E-state index contributed by atoms with van der Waals surface area (Å²) in [5.74, 6) is -1.34. The number of aromatic carboxylic acids is 1. The van der Waals surface area contributed by atoms with Crippen LogP contribution in [0.5, 0.6) is 5.75 Å². The number of hydrogen-bond acceptors (Lipinski definition) is 3. The second-order valence-corrected chi connectivity index (χ2v) is 7.26. The van der Waals surface area contributed by atoms with E-state index in [9.17, 15) is 9.59 Å². The van der Waals surface area contributed by atoms with Crippen LogP contribution in [-0.2, 0) is 4.79 Å². The zero-order chi connectivity index (χ0) is 21.2. The van der Waals surface area contributed by atoms with Gasteiger partial charge in [-0.3, -0.25) is 4.79 Å². The van der Waals surface area contributed by atoms with Crippen molar-refractivity contribution in [1.82, 2.24) is 0 Å². The van der Waals surface area contributed by atoms with Crippen molar-refractivity contribution in [2.75, 3.05) is 0 Å². The molecule has 0 heterocycles. The number of ether oxygens (including phenoxy) is 1. The Hall–Kier alpha value is -2.36. The summed E-state index contributed by atoms with van der Waals surface area (Å²) in [6, 6.07) is 6.22. The lowest BCUT2D eigenvalue weighted by molar-refractivity contribution is -0.134. The van der Waals surface area contributed by atoms with Crippen molar-refractivity contribution in [3.05, 3.63) is 54.1 Å². The fraction of sp³-hybridized carbons (Fsp3) is 0.520. The molecule has 0 aliphatic carbocycles. The van der Waals surface area contributed by atoms with Crippen LogP contribution in [0, 0.1) is 0 Å². The molecule has 1 rings (SSSR count). The zero-order valence-corrected chi connectivity index (χ0v) is 17.8. The van der Waals surface area contributed by atoms with Crippen molar-refractivity contribution in [3.8, 4) is 5.75 Å². The third-order valence-electron chi connectivity index (χ3n) is 4.67. The van der Waals surface area contributed by atoms with E-state index in [0.29, 0.717) is 6.42 Å². The number of unbranched alkanes of at least 4 members (excludes halogenated alkanes) is 8. The predicted octanol–water partition coefficient (Wildman–Crippen LogP) is 7.10. The molecule has 160 valence electrons. The second-order valence-electron chi connectivity index (χ2n) is 7.26. The SMILES string of the molecule is CCCCCC=CCC=CCCCCCCCC(=O)Oc1ccccc1C(=O)O. The van der Waals surface area contributed by atoms with E-state index in [1.807, 2.05) is 0 Å². The van der Waals surface area contributed by atoms with Gasteiger partial charge in [0.05, 0.1) is 0 Å². The molecule has 1 N–H and O–H groups in total. The van der Waals surface area contributed by atoms with E-state index >= 15 is 0 Å². The van der Waals surface area contributed by atoms with E-state index < -0.39 is 5.97 Å². The number of benzene rings is 1. The summed E-state index contributed by atoms with van der Waals surface area (Å²) >= 11 is 0. The Morgan fingerprint density at radius 2 is 1.48 bits per heavy atom. The lowest BCUT2D eigenvalue weighted by Crippen LogP contribution is -2.10. The zero-order valence-electron chi connectivity index (χ0n) is 17.8. The van der Waals surface area contributed by atoms with E-state index in [0.717, 1.165) is 38.5 Å². The number of para-hydroxylation sites is 1. The van der Waals surface area contributed by atoms with Crippen LogP contribution in [0.2, 0.25) is 0 Å². The maximum absolute atomic E-state index is 11.9. The first-order valence-corrected chi connectivity index (χ1v) is 11.0. The van der Waals surface area contributed by atoms with E-state index in [4.69, 9.17) is 9.84 Å². The highest BCUT2D eigenvalue weighted by atomic mass is 16.5. The Kier molecular flexibility index (Phi) is 14.1. The van der Waals surface area contributed by atoms with E-state index in [-0.39, 0.29) is 17.3 Å². The molecule has 0 fully saturated rings. The molecule has 1 aromatic rings. The Bertz CT molecular complexity index is 646. The highest BCUT2D eigenvalue weighted by molar-refractivity contribution is 5.91. The average Bonchev–Trinajstić information content (AvgIpc) is 2.71. The average molecular weight is 401 g/mol. The van der Waals surface area contributed by atoms with Gasteiger partial charge in [-0.25, -0.2) is 4.79 Å². The summed E-state index contributed by atoms with van der Waals surface area (Å²) in [6.07, 6.45) is 21.8. The van der Waals surface area contributed by atoms with E-state index in [1.54, 1.807) is 12.1 Å². The highest BCUT2D eigenvalue weighted by Gasteiger charge is 2.13. The number of carboxylic acid groups (broad SMARTS) is 1. The van der Waals surface area contributed by atoms with Crippen LogP contribution in [0.1, 0.15) is 94.3 Å². The van der Waals surface area contributed by atoms with Gasteiger partial charge in [0.1, 0.15) is 11.3 Å². The molecule has 0 unspecified atom stereocenters. The fourth-order valence-electron chi connectivity index (χ4n) is 2.99. The van der Waals surface area contributed by atoms with E-state index in [1.165, 1.54) is 44.2 Å². The van der Waals surface area contributed by atoms with Crippen molar-refractivity contribution in [2.45, 2.75) is 84.0 Å². The molecule has 29 heavy (non-hydrogen) atoms. The number of hydrogen-bond donors (Lipinski definition) is 1. The number of carbonyl (C=O) groups is 2. The molecule has 4 heteroatoms. The summed E-state index contributed by atoms with van der Waals surface area (Å²) in [7, 11) is 0. The molecular formula is C25H36O4. The maximum atomic E-state index is 11.9. The largest absolute Gasteiger partial charge is 0.478 e. The number of esters is 1. The summed E-state index contributed by atoms with van der Waals surface area (Å²) < 4.78 is 5.19. The minimum Gasteiger partial charge on any atom is -0.478 e. The van der Waals surface area contributed by atoms with Gasteiger partial charge in [0.25, 0.3) is 0 Å². The normalized spacial score (nSPS) is 11.3. The first-order valence-electron chi connectivity index (χ1n) is 11.0. The number of carboxylic acids is 1. The van der Waals surface area contributed by atoms with Gasteiger partial charge >= 0.3 is 11.9 Å². The van der Waals surface area contributed by atoms with Crippen LogP contribution in [0.3, 0.4) is 0 Å². The Balaban J connectivity index is 2.01. The summed E-state index contributed by atoms with van der Waals surface area (Å²) in [6.45, 7) is 2.23. The van der Waals surface area contributed by atoms with Gasteiger partial charge in [0.2, 0.25) is 0 Å². The Labute approximate surface area is 175 Å². The summed E-state index contributed by atoms with van der Waals surface area (Å²) in [5.41, 5.74) is 0.0147. The molecule has 4 nitrogen and oxygen atoms in total. The van der Waals surface area contributed by atoms with Crippen LogP contribution in [0.25, 0.3) is 0 Å². The third-order valence-corrected chi connectivity index (χ3v) is 4.67. The van der Waals surface area contributed by atoms with Crippen LogP contribution < -0.4 is 4.74 Å². The monoisotopic (exact) mass is 400 g/mol. The van der Waals surface area contributed by atoms with Gasteiger partial charge in [-0.1, -0.05) is 75.5 Å². The van der Waals surface area contributed by atoms with Crippen LogP contribution in [0.4, 0.5) is 0 Å². The van der Waals surface area contributed by atoms with Crippen LogP contribution in [-0.4, -0.2) is 17.0 Å². The standard InChI is InChI=1S/C25H36O4/c1-2-3-4-5-6-7-8-9-10-11-12-13-14-15-16-21-24(26)29-23-20-18-17-19-22(23)25(27)28/h6-7,9-10,17-20H,2-5,8,11-16,21H2,1H3,(H,27,28). The molecule has 0 spiro atoms. The lowest BCUT2D eigenvalue weighted by atomic mass is 10.1. The number of rotatable bonds is 16. The molecule has 0 bridgehead atoms. The first kappa shape index (κ1) is 24.7. The van der Waals surface area contributed by atoms with Crippen molar-refractivity contribution >= 4 is 11.9 Å². The van der Waals surface area contributed by atoms with Gasteiger partial charge in [0.15, 0.2) is 0 Å². The molecule has 0 radical (unpaired) electrons.